The molecule has 1 aromatic carbocycles. The maximum absolute atomic E-state index is 5.77. The van der Waals surface area contributed by atoms with Gasteiger partial charge in [-0.2, -0.15) is 0 Å². The largest absolute Gasteiger partial charge is 0.384 e. The van der Waals surface area contributed by atoms with Crippen molar-refractivity contribution >= 4 is 5.69 Å². The van der Waals surface area contributed by atoms with Crippen LogP contribution in [0.15, 0.2) is 18.2 Å². The number of hydrogen-bond acceptors (Lipinski definition) is 2. The van der Waals surface area contributed by atoms with E-state index < -0.39 is 0 Å². The lowest BCUT2D eigenvalue weighted by atomic mass is 9.86. The molecule has 0 unspecified atom stereocenters. The summed E-state index contributed by atoms with van der Waals surface area (Å²) >= 11 is 0. The van der Waals surface area contributed by atoms with E-state index in [1.165, 1.54) is 16.8 Å². The van der Waals surface area contributed by atoms with E-state index in [4.69, 9.17) is 5.73 Å². The van der Waals surface area contributed by atoms with Crippen LogP contribution in [0.4, 0.5) is 5.69 Å². The van der Waals surface area contributed by atoms with E-state index in [0.29, 0.717) is 6.54 Å². The predicted octanol–water partition coefficient (Wildman–Crippen LogP) is 3.69. The third-order valence-electron chi connectivity index (χ3n) is 3.41. The Hall–Kier alpha value is -1.02. The Balaban J connectivity index is 2.89. The average molecular weight is 248 g/mol. The van der Waals surface area contributed by atoms with Gasteiger partial charge in [-0.05, 0) is 41.5 Å². The van der Waals surface area contributed by atoms with Gasteiger partial charge in [-0.3, -0.25) is 0 Å². The zero-order valence-electron chi connectivity index (χ0n) is 12.7. The van der Waals surface area contributed by atoms with Gasteiger partial charge < -0.3 is 11.1 Å². The molecule has 0 aliphatic rings. The Morgan fingerprint density at radius 2 is 1.72 bits per heavy atom. The number of anilines is 1. The van der Waals surface area contributed by atoms with Crippen molar-refractivity contribution in [2.75, 3.05) is 18.4 Å². The molecule has 1 rings (SSSR count). The molecule has 2 nitrogen and oxygen atoms in total. The van der Waals surface area contributed by atoms with Crippen LogP contribution in [-0.2, 0) is 5.41 Å². The zero-order valence-corrected chi connectivity index (χ0v) is 12.7. The van der Waals surface area contributed by atoms with Crippen molar-refractivity contribution in [1.82, 2.24) is 0 Å². The summed E-state index contributed by atoms with van der Waals surface area (Å²) in [6.45, 7) is 14.8. The lowest BCUT2D eigenvalue weighted by molar-refractivity contribution is 0.405. The minimum absolute atomic E-state index is 0.129. The highest BCUT2D eigenvalue weighted by Crippen LogP contribution is 2.27. The minimum Gasteiger partial charge on any atom is -0.384 e. The van der Waals surface area contributed by atoms with Crippen LogP contribution in [0.3, 0.4) is 0 Å². The van der Waals surface area contributed by atoms with Crippen LogP contribution in [0.5, 0.6) is 0 Å². The van der Waals surface area contributed by atoms with Crippen molar-refractivity contribution in [3.63, 3.8) is 0 Å². The number of rotatable bonds is 4. The highest BCUT2D eigenvalue weighted by atomic mass is 14.9. The summed E-state index contributed by atoms with van der Waals surface area (Å²) in [6.07, 6.45) is 0. The molecule has 0 bridgehead atoms. The molecule has 0 aliphatic heterocycles. The third kappa shape index (κ3) is 4.02. The van der Waals surface area contributed by atoms with Crippen LogP contribution in [0.25, 0.3) is 0 Å². The van der Waals surface area contributed by atoms with Gasteiger partial charge in [0, 0.05) is 12.2 Å². The van der Waals surface area contributed by atoms with Crippen LogP contribution in [0.1, 0.15) is 45.7 Å². The lowest BCUT2D eigenvalue weighted by Crippen LogP contribution is -2.31. The second-order valence-electron chi connectivity index (χ2n) is 7.00. The van der Waals surface area contributed by atoms with Crippen LogP contribution < -0.4 is 11.1 Å². The van der Waals surface area contributed by atoms with Crippen LogP contribution >= 0.6 is 0 Å². The van der Waals surface area contributed by atoms with Crippen LogP contribution in [0.2, 0.25) is 0 Å². The molecule has 0 atom stereocenters. The van der Waals surface area contributed by atoms with Gasteiger partial charge >= 0.3 is 0 Å². The number of hydrogen-bond donors (Lipinski definition) is 2. The molecule has 1 aromatic rings. The maximum Gasteiger partial charge on any atom is 0.0373 e. The Morgan fingerprint density at radius 1 is 1.11 bits per heavy atom. The molecular formula is C16H28N2. The lowest BCUT2D eigenvalue weighted by Gasteiger charge is -2.25. The average Bonchev–Trinajstić information content (AvgIpc) is 2.26. The van der Waals surface area contributed by atoms with Gasteiger partial charge in [-0.25, -0.2) is 0 Å². The summed E-state index contributed by atoms with van der Waals surface area (Å²) in [5.41, 5.74) is 9.96. The van der Waals surface area contributed by atoms with Gasteiger partial charge in [0.25, 0.3) is 0 Å². The van der Waals surface area contributed by atoms with E-state index in [2.05, 4.69) is 65.1 Å². The normalized spacial score (nSPS) is 12.6. The van der Waals surface area contributed by atoms with Crippen LogP contribution in [-0.4, -0.2) is 13.1 Å². The second-order valence-corrected chi connectivity index (χ2v) is 7.00. The molecule has 0 aliphatic carbocycles. The van der Waals surface area contributed by atoms with Crippen molar-refractivity contribution in [1.29, 1.82) is 0 Å². The first kappa shape index (κ1) is 15.0. The Kier molecular flexibility index (Phi) is 4.44. The fourth-order valence-corrected chi connectivity index (χ4v) is 1.69. The number of benzene rings is 1. The molecule has 0 radical (unpaired) electrons. The van der Waals surface area contributed by atoms with E-state index in [-0.39, 0.29) is 10.8 Å². The first-order valence-corrected chi connectivity index (χ1v) is 6.71. The molecular weight excluding hydrogens is 220 g/mol. The highest BCUT2D eigenvalue weighted by molar-refractivity contribution is 5.54. The standard InChI is InChI=1S/C16H28N2/c1-12-7-8-13(15(2,3)4)9-14(12)18-11-16(5,6)10-17/h7-9,18H,10-11,17H2,1-6H3. The Bertz CT molecular complexity index is 400. The quantitative estimate of drug-likeness (QED) is 0.853. The molecule has 0 amide bonds. The molecule has 0 saturated heterocycles. The molecule has 3 N–H and O–H groups in total. The van der Waals surface area contributed by atoms with E-state index in [9.17, 15) is 0 Å². The van der Waals surface area contributed by atoms with Crippen molar-refractivity contribution < 1.29 is 0 Å². The zero-order chi connectivity index (χ0) is 14.0. The number of nitrogens with two attached hydrogens (primary N) is 1. The first-order chi connectivity index (χ1) is 8.15. The summed E-state index contributed by atoms with van der Waals surface area (Å²) in [4.78, 5) is 0. The van der Waals surface area contributed by atoms with Gasteiger partial charge in [0.05, 0.1) is 0 Å². The van der Waals surface area contributed by atoms with Gasteiger partial charge in [0.1, 0.15) is 0 Å². The molecule has 0 spiro atoms. The van der Waals surface area contributed by atoms with E-state index in [1.54, 1.807) is 0 Å². The SMILES string of the molecule is Cc1ccc(C(C)(C)C)cc1NCC(C)(C)CN. The number of nitrogens with one attached hydrogen (secondary N) is 1. The highest BCUT2D eigenvalue weighted by Gasteiger charge is 2.17. The summed E-state index contributed by atoms with van der Waals surface area (Å²) in [5, 5.41) is 3.54. The van der Waals surface area contributed by atoms with E-state index in [1.807, 2.05) is 0 Å². The molecule has 0 saturated carbocycles. The second kappa shape index (κ2) is 5.31. The summed E-state index contributed by atoms with van der Waals surface area (Å²) in [7, 11) is 0. The van der Waals surface area contributed by atoms with Crippen molar-refractivity contribution in [2.24, 2.45) is 11.1 Å². The van der Waals surface area contributed by atoms with E-state index >= 15 is 0 Å². The van der Waals surface area contributed by atoms with Crippen molar-refractivity contribution in [3.8, 4) is 0 Å². The fourth-order valence-electron chi connectivity index (χ4n) is 1.69. The topological polar surface area (TPSA) is 38.0 Å². The van der Waals surface area contributed by atoms with Crippen molar-refractivity contribution in [3.05, 3.63) is 29.3 Å². The van der Waals surface area contributed by atoms with Gasteiger partial charge in [0.2, 0.25) is 0 Å². The Labute approximate surface area is 112 Å². The van der Waals surface area contributed by atoms with Gasteiger partial charge in [0.15, 0.2) is 0 Å². The molecule has 18 heavy (non-hydrogen) atoms. The maximum atomic E-state index is 5.77. The summed E-state index contributed by atoms with van der Waals surface area (Å²) < 4.78 is 0. The van der Waals surface area contributed by atoms with Gasteiger partial charge in [-0.1, -0.05) is 46.8 Å². The smallest absolute Gasteiger partial charge is 0.0373 e. The minimum atomic E-state index is 0.129. The third-order valence-corrected chi connectivity index (χ3v) is 3.41. The molecule has 0 heterocycles. The Morgan fingerprint density at radius 3 is 2.22 bits per heavy atom. The summed E-state index contributed by atoms with van der Waals surface area (Å²) in [6, 6.07) is 6.68. The molecule has 102 valence electrons. The molecule has 0 aromatic heterocycles. The number of aryl methyl sites for hydroxylation is 1. The summed E-state index contributed by atoms with van der Waals surface area (Å²) in [5.74, 6) is 0. The molecule has 0 fully saturated rings. The molecule has 2 heteroatoms. The predicted molar refractivity (Wildman–Crippen MR) is 81.2 cm³/mol. The van der Waals surface area contributed by atoms with E-state index in [0.717, 1.165) is 6.54 Å². The van der Waals surface area contributed by atoms with Crippen LogP contribution in [0, 0.1) is 12.3 Å². The fraction of sp³-hybridized carbons (Fsp3) is 0.625. The monoisotopic (exact) mass is 248 g/mol. The van der Waals surface area contributed by atoms with Gasteiger partial charge in [-0.15, -0.1) is 0 Å². The first-order valence-electron chi connectivity index (χ1n) is 6.71. The van der Waals surface area contributed by atoms with Crippen molar-refractivity contribution in [2.45, 2.75) is 47.0 Å².